The number of non-ortho nitro benzene ring substituents is 1. The quantitative estimate of drug-likeness (QED) is 0.0844. The minimum Gasteiger partial charge on any atom is -0.872 e. The summed E-state index contributed by atoms with van der Waals surface area (Å²) in [4.78, 5) is 22.7. The zero-order valence-corrected chi connectivity index (χ0v) is 21.5. The van der Waals surface area contributed by atoms with Gasteiger partial charge in [0.1, 0.15) is 0 Å². The number of hydrogen-bond donors (Lipinski definition) is 2. The number of nitrogens with zero attached hydrogens (tertiary/aromatic N) is 5. The molecule has 0 aliphatic rings. The second-order valence-electron chi connectivity index (χ2n) is 7.13. The number of allylic oxidation sites excluding steroid dienone is 1. The van der Waals surface area contributed by atoms with E-state index in [4.69, 9.17) is 0 Å². The van der Waals surface area contributed by atoms with Crippen molar-refractivity contribution in [3.8, 4) is 5.75 Å². The Labute approximate surface area is 219 Å². The van der Waals surface area contributed by atoms with Crippen molar-refractivity contribution >= 4 is 57.8 Å². The average Bonchev–Trinajstić information content (AvgIpc) is 3.20. The number of anilines is 1. The Morgan fingerprint density at radius 2 is 2.06 bits per heavy atom. The maximum absolute atomic E-state index is 12.5. The van der Waals surface area contributed by atoms with Crippen molar-refractivity contribution in [2.75, 3.05) is 5.32 Å². The highest BCUT2D eigenvalue weighted by atomic mass is 127. The molecule has 1 aromatic heterocycles. The number of hydrazone groups is 1. The van der Waals surface area contributed by atoms with Crippen LogP contribution in [0, 0.1) is 13.7 Å². The van der Waals surface area contributed by atoms with E-state index < -0.39 is 21.8 Å². The van der Waals surface area contributed by atoms with Crippen molar-refractivity contribution in [2.24, 2.45) is 5.10 Å². The number of halogens is 1. The van der Waals surface area contributed by atoms with Gasteiger partial charge in [0, 0.05) is 27.9 Å². The molecule has 1 atom stereocenters. The summed E-state index contributed by atoms with van der Waals surface area (Å²) in [6.07, 6.45) is 2.80. The van der Waals surface area contributed by atoms with Crippen molar-refractivity contribution < 1.29 is 14.8 Å². The zero-order chi connectivity index (χ0) is 25.4. The van der Waals surface area contributed by atoms with Crippen molar-refractivity contribution in [2.45, 2.75) is 30.4 Å². The monoisotopic (exact) mass is 606 g/mol. The molecule has 0 saturated heterocycles. The summed E-state index contributed by atoms with van der Waals surface area (Å²) in [6.45, 7) is 6.36. The fourth-order valence-corrected chi connectivity index (χ4v) is 4.05. The van der Waals surface area contributed by atoms with E-state index in [0.717, 1.165) is 33.7 Å². The molecule has 0 unspecified atom stereocenters. The normalized spacial score (nSPS) is 11.8. The molecule has 0 aliphatic heterocycles. The molecule has 13 heteroatoms. The van der Waals surface area contributed by atoms with Crippen LogP contribution in [-0.4, -0.2) is 37.1 Å². The topological polar surface area (TPSA) is 150 Å². The largest absolute Gasteiger partial charge is 0.872 e. The van der Waals surface area contributed by atoms with Crippen LogP contribution >= 0.6 is 34.4 Å². The van der Waals surface area contributed by atoms with Crippen molar-refractivity contribution in [3.63, 3.8) is 0 Å². The third-order valence-electron chi connectivity index (χ3n) is 4.63. The molecule has 1 amide bonds. The number of amides is 1. The number of nitrogens with one attached hydrogen (secondary N) is 2. The number of rotatable bonds is 11. The Hall–Kier alpha value is -3.46. The van der Waals surface area contributed by atoms with E-state index in [1.165, 1.54) is 11.8 Å². The van der Waals surface area contributed by atoms with Gasteiger partial charge in [-0.3, -0.25) is 14.9 Å². The maximum Gasteiger partial charge on any atom is 0.270 e. The van der Waals surface area contributed by atoms with Gasteiger partial charge in [-0.05, 0) is 59.3 Å². The SMILES string of the molecule is C=CCn1c(CNc2ccc(I)cc2)nnc1S[C@H](C)C(=O)N/N=C\c1cc([N+](=O)[O-])ccc1[O-]. The van der Waals surface area contributed by atoms with E-state index in [9.17, 15) is 20.0 Å². The molecular formula is C22H21IN7O4S-. The summed E-state index contributed by atoms with van der Waals surface area (Å²) >= 11 is 3.43. The van der Waals surface area contributed by atoms with Crippen LogP contribution in [0.15, 0.2) is 65.4 Å². The standard InChI is InChI=1S/C22H22IN7O4S/c1-3-10-29-20(13-24-17-6-4-16(23)5-7-17)26-28-22(29)35-14(2)21(32)27-25-12-15-11-18(30(33)34)8-9-19(15)31/h3-9,11-12,14,24,31H,1,10,13H2,2H3,(H,27,32)/p-1/b25-12-/t14-/m1/s1. The van der Waals surface area contributed by atoms with Crippen molar-refractivity contribution in [1.29, 1.82) is 0 Å². The Morgan fingerprint density at radius 3 is 2.74 bits per heavy atom. The summed E-state index contributed by atoms with van der Waals surface area (Å²) in [6, 6.07) is 11.2. The first-order chi connectivity index (χ1) is 16.8. The first-order valence-corrected chi connectivity index (χ1v) is 12.2. The van der Waals surface area contributed by atoms with Gasteiger partial charge in [0.25, 0.3) is 11.6 Å². The van der Waals surface area contributed by atoms with Crippen LogP contribution in [0.25, 0.3) is 0 Å². The summed E-state index contributed by atoms with van der Waals surface area (Å²) in [5.41, 5.74) is 3.05. The minimum atomic E-state index is -0.613. The lowest BCUT2D eigenvalue weighted by Crippen LogP contribution is -2.27. The molecule has 11 nitrogen and oxygen atoms in total. The van der Waals surface area contributed by atoms with Crippen LogP contribution in [-0.2, 0) is 17.9 Å². The Bertz CT molecular complexity index is 1250. The Balaban J connectivity index is 1.62. The second-order valence-corrected chi connectivity index (χ2v) is 9.69. The van der Waals surface area contributed by atoms with E-state index in [0.29, 0.717) is 24.1 Å². The molecule has 182 valence electrons. The third kappa shape index (κ3) is 7.26. The molecule has 2 N–H and O–H groups in total. The molecule has 0 spiro atoms. The summed E-state index contributed by atoms with van der Waals surface area (Å²) in [5.74, 6) is -0.194. The zero-order valence-electron chi connectivity index (χ0n) is 18.6. The van der Waals surface area contributed by atoms with Crippen LogP contribution in [0.4, 0.5) is 11.4 Å². The number of nitro groups is 1. The number of benzene rings is 2. The molecule has 3 aromatic rings. The van der Waals surface area contributed by atoms with E-state index in [2.05, 4.69) is 55.2 Å². The smallest absolute Gasteiger partial charge is 0.270 e. The van der Waals surface area contributed by atoms with Gasteiger partial charge in [0.05, 0.1) is 22.9 Å². The van der Waals surface area contributed by atoms with E-state index in [1.54, 1.807) is 13.0 Å². The summed E-state index contributed by atoms with van der Waals surface area (Å²) in [7, 11) is 0. The lowest BCUT2D eigenvalue weighted by molar-refractivity contribution is -0.385. The van der Waals surface area contributed by atoms with E-state index >= 15 is 0 Å². The molecule has 0 saturated carbocycles. The second kappa shape index (κ2) is 12.3. The highest BCUT2D eigenvalue weighted by Crippen LogP contribution is 2.23. The molecule has 0 bridgehead atoms. The average molecular weight is 606 g/mol. The maximum atomic E-state index is 12.5. The number of hydrogen-bond acceptors (Lipinski definition) is 9. The van der Waals surface area contributed by atoms with Gasteiger partial charge in [0.2, 0.25) is 0 Å². The number of carbonyl (C=O) groups is 1. The van der Waals surface area contributed by atoms with Gasteiger partial charge in [0.15, 0.2) is 11.0 Å². The lowest BCUT2D eigenvalue weighted by atomic mass is 10.2. The minimum absolute atomic E-state index is 0.00389. The van der Waals surface area contributed by atoms with Gasteiger partial charge in [-0.1, -0.05) is 29.7 Å². The lowest BCUT2D eigenvalue weighted by Gasteiger charge is -2.12. The van der Waals surface area contributed by atoms with Crippen molar-refractivity contribution in [1.82, 2.24) is 20.2 Å². The number of carbonyl (C=O) groups excluding carboxylic acids is 1. The predicted molar refractivity (Wildman–Crippen MR) is 140 cm³/mol. The molecule has 3 rings (SSSR count). The van der Waals surface area contributed by atoms with Crippen LogP contribution < -0.4 is 15.8 Å². The molecule has 0 aliphatic carbocycles. The van der Waals surface area contributed by atoms with Crippen LogP contribution in [0.1, 0.15) is 18.3 Å². The third-order valence-corrected chi connectivity index (χ3v) is 6.43. The highest BCUT2D eigenvalue weighted by Gasteiger charge is 2.19. The van der Waals surface area contributed by atoms with Gasteiger partial charge in [-0.2, -0.15) is 5.10 Å². The molecule has 0 fully saturated rings. The van der Waals surface area contributed by atoms with Crippen molar-refractivity contribution in [3.05, 3.63) is 80.2 Å². The molecular weight excluding hydrogens is 585 g/mol. The van der Waals surface area contributed by atoms with Crippen LogP contribution in [0.5, 0.6) is 5.75 Å². The fraction of sp³-hybridized carbons (Fsp3) is 0.182. The van der Waals surface area contributed by atoms with Crippen LogP contribution in [0.2, 0.25) is 0 Å². The number of aromatic nitrogens is 3. The molecule has 0 radical (unpaired) electrons. The van der Waals surface area contributed by atoms with Crippen LogP contribution in [0.3, 0.4) is 0 Å². The van der Waals surface area contributed by atoms with E-state index in [1.807, 2.05) is 28.8 Å². The first-order valence-electron chi connectivity index (χ1n) is 10.3. The summed E-state index contributed by atoms with van der Waals surface area (Å²) < 4.78 is 2.99. The first kappa shape index (κ1) is 26.2. The highest BCUT2D eigenvalue weighted by molar-refractivity contribution is 14.1. The molecule has 1 heterocycles. The van der Waals surface area contributed by atoms with Gasteiger partial charge < -0.3 is 15.0 Å². The van der Waals surface area contributed by atoms with Gasteiger partial charge in [-0.25, -0.2) is 5.43 Å². The predicted octanol–water partition coefficient (Wildman–Crippen LogP) is 3.29. The molecule has 2 aromatic carbocycles. The van der Waals surface area contributed by atoms with Gasteiger partial charge >= 0.3 is 0 Å². The molecule has 35 heavy (non-hydrogen) atoms. The van der Waals surface area contributed by atoms with E-state index in [-0.39, 0.29) is 11.3 Å². The fourth-order valence-electron chi connectivity index (χ4n) is 2.82. The van der Waals surface area contributed by atoms with Gasteiger partial charge in [-0.15, -0.1) is 16.8 Å². The Morgan fingerprint density at radius 1 is 1.31 bits per heavy atom. The number of nitro benzene ring substituents is 1. The number of thioether (sulfide) groups is 1. The summed E-state index contributed by atoms with van der Waals surface area (Å²) in [5, 5.41) is 38.2. The Kier molecular flexibility index (Phi) is 9.19.